The van der Waals surface area contributed by atoms with Crippen molar-refractivity contribution in [2.45, 2.75) is 114 Å². The van der Waals surface area contributed by atoms with Gasteiger partial charge in [0.05, 0.1) is 21.2 Å². The maximum Gasteiger partial charge on any atom is 0.311 e. The summed E-state index contributed by atoms with van der Waals surface area (Å²) in [5.41, 5.74) is 21.4. The summed E-state index contributed by atoms with van der Waals surface area (Å²) >= 11 is 0. The molecule has 0 aromatic heterocycles. The van der Waals surface area contributed by atoms with Crippen molar-refractivity contribution < 1.29 is 56.1 Å². The molecule has 0 aliphatic carbocycles. The van der Waals surface area contributed by atoms with E-state index in [0.717, 1.165) is 146 Å². The number of hydrogen-bond acceptors (Lipinski definition) is 12. The van der Waals surface area contributed by atoms with E-state index >= 15 is 9.13 Å². The average Bonchev–Trinajstić information content (AvgIpc) is 0.734. The van der Waals surface area contributed by atoms with Crippen LogP contribution in [0.25, 0.3) is 34.4 Å². The lowest BCUT2D eigenvalue weighted by Gasteiger charge is -2.30. The third kappa shape index (κ3) is 16.9. The fourth-order valence-electron chi connectivity index (χ4n) is 15.7. The third-order valence-electron chi connectivity index (χ3n) is 22.3. The predicted molar refractivity (Wildman–Crippen MR) is 480 cm³/mol. The van der Waals surface area contributed by atoms with Crippen molar-refractivity contribution in [3.63, 3.8) is 0 Å². The van der Waals surface area contributed by atoms with Gasteiger partial charge in [0, 0.05) is 16.5 Å². The van der Waals surface area contributed by atoms with Gasteiger partial charge in [-0.15, -0.1) is 0 Å². The Hall–Kier alpha value is -13.0. The van der Waals surface area contributed by atoms with Gasteiger partial charge < -0.3 is 46.9 Å². The molecule has 0 radical (unpaired) electrons. The smallest absolute Gasteiger partial charge is 0.311 e. The largest absolute Gasteiger partial charge is 0.489 e. The van der Waals surface area contributed by atoms with Crippen LogP contribution < -0.4 is 68.2 Å². The lowest BCUT2D eigenvalue weighted by atomic mass is 9.76. The Labute approximate surface area is 697 Å². The van der Waals surface area contributed by atoms with Crippen LogP contribution in [-0.2, 0) is 54.2 Å². The monoisotopic (exact) mass is 1610 g/mol. The second-order valence-corrected chi connectivity index (χ2v) is 35.8. The molecule has 0 saturated heterocycles. The standard InChI is InChI=1S/C105H94O12P2/c1-13-75-31-35-77(36-32-75)61-108-85-47-50-96(100(59-85)119(107)98-30-22-18-26-92(98)90-24-16-20-28-94(90)117-119)111-64-80-41-45-82(46-42-80)66-113-102-73(9)57-88(58-74(102)10)115-104-69(5)53-84(54-70(104)6)105(11,12)83-51-67(3)103(68(4)52-83)114-87-55-71(7)101(72(8)56-87)112-65-81-43-39-78(40-44-81)62-109-86-48-49-95(110-63-79-37-33-76(14-2)34-38-79)99(60-86)118(106)97-29-21-17-25-91(97)89-23-15-19-27-93(89)116-118/h13-60H,1-2,61-66H2,3-12H3. The van der Waals surface area contributed by atoms with Crippen LogP contribution in [0.5, 0.6) is 69.0 Å². The number of para-hydroxylation sites is 2. The molecule has 0 fully saturated rings. The molecule has 2 unspecified atom stereocenters. The van der Waals surface area contributed by atoms with Crippen LogP contribution in [-0.4, -0.2) is 0 Å². The molecule has 2 atom stereocenters. The summed E-state index contributed by atoms with van der Waals surface area (Å²) in [6.07, 6.45) is 3.61. The molecule has 2 aliphatic rings. The molecule has 12 nitrogen and oxygen atoms in total. The minimum atomic E-state index is -3.77. The Bertz CT molecular complexity index is 6210. The summed E-state index contributed by atoms with van der Waals surface area (Å²) in [4.78, 5) is 0. The van der Waals surface area contributed by atoms with Gasteiger partial charge in [0.1, 0.15) is 109 Å². The average molecular weight is 1610 g/mol. The maximum atomic E-state index is 15.6. The van der Waals surface area contributed by atoms with Gasteiger partial charge in [0.25, 0.3) is 0 Å². The molecule has 0 N–H and O–H groups in total. The number of aryl methyl sites for hydroxylation is 8. The van der Waals surface area contributed by atoms with Crippen molar-refractivity contribution in [2.75, 3.05) is 0 Å². The normalized spacial score (nSPS) is 14.3. The molecule has 14 aromatic rings. The van der Waals surface area contributed by atoms with Crippen molar-refractivity contribution in [3.8, 4) is 91.2 Å². The summed E-state index contributed by atoms with van der Waals surface area (Å²) in [7, 11) is -7.52. The number of fused-ring (bicyclic) bond motifs is 6. The second-order valence-electron chi connectivity index (χ2n) is 31.3. The van der Waals surface area contributed by atoms with E-state index in [1.165, 1.54) is 11.1 Å². The van der Waals surface area contributed by atoms with Crippen molar-refractivity contribution >= 4 is 48.1 Å². The molecule has 16 rings (SSSR count). The van der Waals surface area contributed by atoms with Gasteiger partial charge in [-0.2, -0.15) is 0 Å². The van der Waals surface area contributed by atoms with E-state index in [1.807, 2.05) is 237 Å². The van der Waals surface area contributed by atoms with Crippen LogP contribution in [0.4, 0.5) is 0 Å². The van der Waals surface area contributed by atoms with Crippen molar-refractivity contribution in [3.05, 3.63) is 392 Å². The highest BCUT2D eigenvalue weighted by Crippen LogP contribution is 2.58. The lowest BCUT2D eigenvalue weighted by Crippen LogP contribution is -2.26. The molecular weight excluding hydrogens is 1520 g/mol. The van der Waals surface area contributed by atoms with E-state index in [2.05, 4.69) is 119 Å². The molecule has 2 aliphatic heterocycles. The van der Waals surface area contributed by atoms with Gasteiger partial charge in [0.2, 0.25) is 0 Å². The van der Waals surface area contributed by atoms with Crippen LogP contribution in [0.2, 0.25) is 0 Å². The van der Waals surface area contributed by atoms with E-state index in [4.69, 9.17) is 46.9 Å². The SMILES string of the molecule is C=Cc1ccc(COc2ccc(OCc3ccc(COc4c(C)cc(Oc5c(C)cc(C(C)(C)c6cc(C)c(Oc7cc(C)c(OCc8ccc(COc9ccc(OCc%10ccc(C=C)cc%10)c(P%10(=O)Oc%11ccccc%11-c%11ccccc%11%10)c9)cc8)c(C)c7)c(C)c6)cc5C)cc4C)cc3)c(P3(=O)Oc4ccccc4-c4ccccc43)c2)cc1. The minimum Gasteiger partial charge on any atom is -0.489 e. The fourth-order valence-corrected chi connectivity index (χ4v) is 20.6. The first-order chi connectivity index (χ1) is 57.6. The van der Waals surface area contributed by atoms with Crippen LogP contribution in [0.1, 0.15) is 114 Å². The zero-order valence-electron chi connectivity index (χ0n) is 68.7. The predicted octanol–water partition coefficient (Wildman–Crippen LogP) is 25.4. The molecule has 0 bridgehead atoms. The number of ether oxygens (including phenoxy) is 8. The van der Waals surface area contributed by atoms with Crippen molar-refractivity contribution in [2.24, 2.45) is 0 Å². The van der Waals surface area contributed by atoms with E-state index in [0.29, 0.717) is 75.5 Å². The number of benzene rings is 14. The van der Waals surface area contributed by atoms with Gasteiger partial charge in [-0.3, -0.25) is 9.13 Å². The quantitative estimate of drug-likeness (QED) is 0.0433. The summed E-state index contributed by atoms with van der Waals surface area (Å²) in [6, 6.07) is 91.3. The second kappa shape index (κ2) is 33.9. The Morgan fingerprint density at radius 3 is 0.916 bits per heavy atom. The molecular formula is C105H94O12P2. The van der Waals surface area contributed by atoms with Crippen molar-refractivity contribution in [1.29, 1.82) is 0 Å². The summed E-state index contributed by atoms with van der Waals surface area (Å²) < 4.78 is 96.9. The third-order valence-corrected chi connectivity index (χ3v) is 27.2. The highest BCUT2D eigenvalue weighted by Gasteiger charge is 2.42. The highest BCUT2D eigenvalue weighted by atomic mass is 31.2. The van der Waals surface area contributed by atoms with Crippen LogP contribution in [0.3, 0.4) is 0 Å². The number of rotatable bonds is 28. The van der Waals surface area contributed by atoms with Gasteiger partial charge in [0.15, 0.2) is 0 Å². The van der Waals surface area contributed by atoms with E-state index in [9.17, 15) is 0 Å². The minimum absolute atomic E-state index is 0.217. The van der Waals surface area contributed by atoms with E-state index in [1.54, 1.807) is 18.2 Å². The molecule has 14 aromatic carbocycles. The van der Waals surface area contributed by atoms with Crippen LogP contribution >= 0.6 is 14.7 Å². The van der Waals surface area contributed by atoms with Crippen molar-refractivity contribution in [1.82, 2.24) is 0 Å². The lowest BCUT2D eigenvalue weighted by molar-refractivity contribution is 0.297. The van der Waals surface area contributed by atoms with E-state index < -0.39 is 14.7 Å². The Morgan fingerprint density at radius 2 is 0.580 bits per heavy atom. The molecule has 0 amide bonds. The van der Waals surface area contributed by atoms with Gasteiger partial charge in [-0.05, 0) is 252 Å². The van der Waals surface area contributed by atoms with Gasteiger partial charge >= 0.3 is 14.7 Å². The molecule has 2 heterocycles. The van der Waals surface area contributed by atoms with Gasteiger partial charge in [-0.25, -0.2) is 0 Å². The Morgan fingerprint density at radius 1 is 0.294 bits per heavy atom. The Kier molecular flexibility index (Phi) is 22.8. The van der Waals surface area contributed by atoms with Crippen LogP contribution in [0, 0.1) is 55.4 Å². The van der Waals surface area contributed by atoms with E-state index in [-0.39, 0.29) is 25.2 Å². The first-order valence-corrected chi connectivity index (χ1v) is 43.3. The fraction of sp³-hybridized carbons (Fsp3) is 0.162. The maximum absolute atomic E-state index is 15.6. The summed E-state index contributed by atoms with van der Waals surface area (Å²) in [5, 5.41) is 2.05. The Balaban J connectivity index is 0.529. The molecule has 596 valence electrons. The molecule has 0 saturated carbocycles. The topological polar surface area (TPSA) is 126 Å². The summed E-state index contributed by atoms with van der Waals surface area (Å²) in [6.45, 7) is 30.8. The number of hydrogen-bond donors (Lipinski definition) is 0. The molecule has 14 heteroatoms. The van der Waals surface area contributed by atoms with Crippen LogP contribution in [0.15, 0.2) is 292 Å². The molecule has 0 spiro atoms. The van der Waals surface area contributed by atoms with Gasteiger partial charge in [-0.1, -0.05) is 233 Å². The first kappa shape index (κ1) is 79.8. The highest BCUT2D eigenvalue weighted by molar-refractivity contribution is 7.75. The first-order valence-electron chi connectivity index (χ1n) is 40.0. The zero-order chi connectivity index (χ0) is 82.7. The summed E-state index contributed by atoms with van der Waals surface area (Å²) in [5.74, 6) is 7.80. The molecule has 119 heavy (non-hydrogen) atoms. The zero-order valence-corrected chi connectivity index (χ0v) is 70.5.